The van der Waals surface area contributed by atoms with Gasteiger partial charge in [0, 0.05) is 51.5 Å². The van der Waals surface area contributed by atoms with Crippen LogP contribution in [0.25, 0.3) is 0 Å². The molecule has 1 aromatic rings. The Kier molecular flexibility index (Phi) is 7.47. The van der Waals surface area contributed by atoms with Crippen LogP contribution in [0.2, 0.25) is 0 Å². The Bertz CT molecular complexity index is 533. The lowest BCUT2D eigenvalue weighted by Crippen LogP contribution is -2.43. The minimum absolute atomic E-state index is 0.196. The normalized spacial score (nSPS) is 21.0. The standard InChI is InChI=1S/C21H34N4O/c1-3-4-7-20(18-24-10-5-6-11-24)26-21-9-8-19(16-22-21)17-25-14-12-23(2)13-15-25/h3,8-9,16,20H,1,4-7,10-15,17-18H2,2H3/t20-/m0/s1. The second-order valence-corrected chi connectivity index (χ2v) is 7.70. The molecule has 3 heterocycles. The number of nitrogens with zero attached hydrogens (tertiary/aromatic N) is 4. The highest BCUT2D eigenvalue weighted by Crippen LogP contribution is 2.17. The van der Waals surface area contributed by atoms with E-state index in [1.54, 1.807) is 0 Å². The fourth-order valence-electron chi connectivity index (χ4n) is 3.75. The average molecular weight is 359 g/mol. The third-order valence-corrected chi connectivity index (χ3v) is 5.44. The smallest absolute Gasteiger partial charge is 0.213 e. The van der Waals surface area contributed by atoms with Crippen LogP contribution in [0.4, 0.5) is 0 Å². The number of likely N-dealkylation sites (N-methyl/N-ethyl adjacent to an activating group) is 1. The molecule has 5 heteroatoms. The molecule has 0 N–H and O–H groups in total. The van der Waals surface area contributed by atoms with Gasteiger partial charge in [-0.1, -0.05) is 12.1 Å². The summed E-state index contributed by atoms with van der Waals surface area (Å²) in [5.74, 6) is 0.750. The number of pyridine rings is 1. The van der Waals surface area contributed by atoms with Gasteiger partial charge in [-0.15, -0.1) is 6.58 Å². The van der Waals surface area contributed by atoms with Crippen LogP contribution in [0.5, 0.6) is 5.88 Å². The Labute approximate surface area is 158 Å². The molecule has 144 valence electrons. The maximum Gasteiger partial charge on any atom is 0.213 e. The van der Waals surface area contributed by atoms with E-state index in [-0.39, 0.29) is 6.10 Å². The highest BCUT2D eigenvalue weighted by Gasteiger charge is 2.19. The van der Waals surface area contributed by atoms with Crippen LogP contribution in [0.3, 0.4) is 0 Å². The van der Waals surface area contributed by atoms with E-state index >= 15 is 0 Å². The molecule has 2 aliphatic rings. The van der Waals surface area contributed by atoms with Crippen molar-refractivity contribution < 1.29 is 4.74 Å². The summed E-state index contributed by atoms with van der Waals surface area (Å²) in [7, 11) is 2.19. The van der Waals surface area contributed by atoms with Crippen molar-refractivity contribution in [3.8, 4) is 5.88 Å². The zero-order chi connectivity index (χ0) is 18.2. The summed E-state index contributed by atoms with van der Waals surface area (Å²) < 4.78 is 6.22. The molecule has 2 fully saturated rings. The van der Waals surface area contributed by atoms with Crippen LogP contribution < -0.4 is 4.74 Å². The van der Waals surface area contributed by atoms with Crippen molar-refractivity contribution in [2.75, 3.05) is 52.9 Å². The van der Waals surface area contributed by atoms with Gasteiger partial charge in [-0.3, -0.25) is 9.80 Å². The quantitative estimate of drug-likeness (QED) is 0.634. The number of hydrogen-bond donors (Lipinski definition) is 0. The van der Waals surface area contributed by atoms with Crippen molar-refractivity contribution in [3.63, 3.8) is 0 Å². The topological polar surface area (TPSA) is 31.8 Å². The number of likely N-dealkylation sites (tertiary alicyclic amines) is 1. The highest BCUT2D eigenvalue weighted by atomic mass is 16.5. The van der Waals surface area contributed by atoms with Crippen LogP contribution >= 0.6 is 0 Å². The SMILES string of the molecule is C=CCC[C@@H](CN1CCCC1)Oc1ccc(CN2CCN(C)CC2)cn1. The van der Waals surface area contributed by atoms with Gasteiger partial charge in [-0.2, -0.15) is 0 Å². The van der Waals surface area contributed by atoms with Gasteiger partial charge in [0.1, 0.15) is 6.10 Å². The van der Waals surface area contributed by atoms with Crippen LogP contribution in [0.1, 0.15) is 31.2 Å². The van der Waals surface area contributed by atoms with E-state index in [2.05, 4.69) is 39.4 Å². The number of hydrogen-bond acceptors (Lipinski definition) is 5. The zero-order valence-corrected chi connectivity index (χ0v) is 16.3. The van der Waals surface area contributed by atoms with Crippen LogP contribution in [-0.4, -0.2) is 78.6 Å². The zero-order valence-electron chi connectivity index (χ0n) is 16.3. The predicted octanol–water partition coefficient (Wildman–Crippen LogP) is 2.64. The predicted molar refractivity (Wildman–Crippen MR) is 107 cm³/mol. The lowest BCUT2D eigenvalue weighted by molar-refractivity contribution is 0.134. The van der Waals surface area contributed by atoms with Gasteiger partial charge in [0.2, 0.25) is 5.88 Å². The number of aromatic nitrogens is 1. The fraction of sp³-hybridized carbons (Fsp3) is 0.667. The summed E-state index contributed by atoms with van der Waals surface area (Å²) in [4.78, 5) is 12.0. The molecular weight excluding hydrogens is 324 g/mol. The van der Waals surface area contributed by atoms with E-state index in [9.17, 15) is 0 Å². The van der Waals surface area contributed by atoms with Gasteiger partial charge in [0.25, 0.3) is 0 Å². The average Bonchev–Trinajstić information content (AvgIpc) is 3.16. The molecular formula is C21H34N4O. The molecule has 5 nitrogen and oxygen atoms in total. The number of rotatable bonds is 9. The van der Waals surface area contributed by atoms with Gasteiger partial charge < -0.3 is 9.64 Å². The van der Waals surface area contributed by atoms with E-state index in [4.69, 9.17) is 4.74 Å². The molecule has 2 aliphatic heterocycles. The fourth-order valence-corrected chi connectivity index (χ4v) is 3.75. The van der Waals surface area contributed by atoms with Gasteiger partial charge in [0.05, 0.1) is 0 Å². The third-order valence-electron chi connectivity index (χ3n) is 5.44. The van der Waals surface area contributed by atoms with Crippen molar-refractivity contribution in [2.24, 2.45) is 0 Å². The molecule has 0 aliphatic carbocycles. The molecule has 0 saturated carbocycles. The maximum atomic E-state index is 6.22. The van der Waals surface area contributed by atoms with Crippen molar-refractivity contribution in [2.45, 2.75) is 38.3 Å². The maximum absolute atomic E-state index is 6.22. The molecule has 2 saturated heterocycles. The van der Waals surface area contributed by atoms with E-state index in [1.165, 1.54) is 31.5 Å². The molecule has 3 rings (SSSR count). The lowest BCUT2D eigenvalue weighted by Gasteiger charge is -2.32. The van der Waals surface area contributed by atoms with Gasteiger partial charge in [0.15, 0.2) is 0 Å². The molecule has 0 radical (unpaired) electrons. The molecule has 0 unspecified atom stereocenters. The number of ether oxygens (including phenoxy) is 1. The van der Waals surface area contributed by atoms with Crippen molar-refractivity contribution in [1.82, 2.24) is 19.7 Å². The molecule has 0 spiro atoms. The highest BCUT2D eigenvalue weighted by molar-refractivity contribution is 5.18. The Morgan fingerprint density at radius 1 is 1.12 bits per heavy atom. The first-order valence-electron chi connectivity index (χ1n) is 10.1. The van der Waals surface area contributed by atoms with Crippen LogP contribution in [-0.2, 0) is 6.54 Å². The summed E-state index contributed by atoms with van der Waals surface area (Å²) in [6.45, 7) is 12.8. The number of allylic oxidation sites excluding steroid dienone is 1. The van der Waals surface area contributed by atoms with E-state index in [0.29, 0.717) is 0 Å². The summed E-state index contributed by atoms with van der Waals surface area (Å²) in [5, 5.41) is 0. The van der Waals surface area contributed by atoms with E-state index < -0.39 is 0 Å². The second kappa shape index (κ2) is 10.0. The molecule has 0 bridgehead atoms. The molecule has 0 aromatic carbocycles. The third kappa shape index (κ3) is 6.08. The molecule has 1 atom stereocenters. The Balaban J connectivity index is 1.51. The number of piperazine rings is 1. The Hall–Kier alpha value is -1.43. The monoisotopic (exact) mass is 358 g/mol. The minimum Gasteiger partial charge on any atom is -0.473 e. The van der Waals surface area contributed by atoms with Crippen LogP contribution in [0.15, 0.2) is 31.0 Å². The van der Waals surface area contributed by atoms with Crippen molar-refractivity contribution in [1.29, 1.82) is 0 Å². The van der Waals surface area contributed by atoms with Crippen LogP contribution in [0, 0.1) is 0 Å². The Morgan fingerprint density at radius 3 is 2.54 bits per heavy atom. The summed E-state index contributed by atoms with van der Waals surface area (Å²) >= 11 is 0. The Morgan fingerprint density at radius 2 is 1.88 bits per heavy atom. The summed E-state index contributed by atoms with van der Waals surface area (Å²) in [6.07, 6.45) is 8.77. The summed E-state index contributed by atoms with van der Waals surface area (Å²) in [5.41, 5.74) is 1.27. The largest absolute Gasteiger partial charge is 0.473 e. The van der Waals surface area contributed by atoms with E-state index in [0.717, 1.165) is 58.0 Å². The molecule has 26 heavy (non-hydrogen) atoms. The summed E-state index contributed by atoms with van der Waals surface area (Å²) in [6, 6.07) is 4.21. The molecule has 1 aromatic heterocycles. The lowest BCUT2D eigenvalue weighted by atomic mass is 10.2. The van der Waals surface area contributed by atoms with Gasteiger partial charge in [-0.25, -0.2) is 4.98 Å². The first kappa shape index (κ1) is 19.3. The first-order valence-corrected chi connectivity index (χ1v) is 10.1. The molecule has 0 amide bonds. The van der Waals surface area contributed by atoms with Crippen molar-refractivity contribution >= 4 is 0 Å². The van der Waals surface area contributed by atoms with Gasteiger partial charge in [-0.05, 0) is 51.4 Å². The van der Waals surface area contributed by atoms with Crippen molar-refractivity contribution in [3.05, 3.63) is 36.5 Å². The first-order chi connectivity index (χ1) is 12.7. The van der Waals surface area contributed by atoms with E-state index in [1.807, 2.05) is 18.3 Å². The minimum atomic E-state index is 0.196. The second-order valence-electron chi connectivity index (χ2n) is 7.70. The van der Waals surface area contributed by atoms with Gasteiger partial charge >= 0.3 is 0 Å².